The van der Waals surface area contributed by atoms with Crippen molar-refractivity contribution >= 4 is 0 Å². The molecule has 0 amide bonds. The molecule has 0 saturated heterocycles. The van der Waals surface area contributed by atoms with Crippen molar-refractivity contribution in [2.24, 2.45) is 17.8 Å². The van der Waals surface area contributed by atoms with Crippen molar-refractivity contribution in [1.29, 1.82) is 0 Å². The smallest absolute Gasteiger partial charge is 0.388 e. The van der Waals surface area contributed by atoms with E-state index in [1.54, 1.807) is 6.92 Å². The Hall–Kier alpha value is -1.03. The molecule has 4 heteroatoms. The number of aryl methyl sites for hydroxylation is 1. The SMILES string of the molecule is Cc1cc(C(F)(F)F)ccc1C(O)CC1CC2CCC1C2. The molecule has 21 heavy (non-hydrogen) atoms. The van der Waals surface area contributed by atoms with Crippen molar-refractivity contribution in [3.05, 3.63) is 34.9 Å². The molecule has 1 nitrogen and oxygen atoms in total. The van der Waals surface area contributed by atoms with Gasteiger partial charge in [0.1, 0.15) is 0 Å². The molecule has 2 bridgehead atoms. The third-order valence-corrected chi connectivity index (χ3v) is 5.37. The summed E-state index contributed by atoms with van der Waals surface area (Å²) in [7, 11) is 0. The number of rotatable bonds is 3. The molecular weight excluding hydrogens is 277 g/mol. The molecule has 4 unspecified atom stereocenters. The second kappa shape index (κ2) is 5.31. The Kier molecular flexibility index (Phi) is 3.76. The summed E-state index contributed by atoms with van der Waals surface area (Å²) in [5.41, 5.74) is 0.530. The monoisotopic (exact) mass is 298 g/mol. The standard InChI is InChI=1S/C17H21F3O/c1-10-6-14(17(18,19)20)4-5-15(10)16(21)9-13-8-11-2-3-12(13)7-11/h4-6,11-13,16,21H,2-3,7-9H2,1H3. The van der Waals surface area contributed by atoms with E-state index in [2.05, 4.69) is 0 Å². The van der Waals surface area contributed by atoms with Crippen LogP contribution in [0.1, 0.15) is 54.9 Å². The summed E-state index contributed by atoms with van der Waals surface area (Å²) in [5, 5.41) is 10.4. The number of hydrogen-bond donors (Lipinski definition) is 1. The molecule has 0 radical (unpaired) electrons. The fourth-order valence-electron chi connectivity index (χ4n) is 4.30. The summed E-state index contributed by atoms with van der Waals surface area (Å²) in [5.74, 6) is 2.08. The number of halogens is 3. The van der Waals surface area contributed by atoms with Crippen LogP contribution >= 0.6 is 0 Å². The van der Waals surface area contributed by atoms with E-state index in [0.717, 1.165) is 24.0 Å². The maximum Gasteiger partial charge on any atom is 0.416 e. The van der Waals surface area contributed by atoms with Crippen molar-refractivity contribution in [2.45, 2.75) is 51.3 Å². The Balaban J connectivity index is 1.71. The first-order chi connectivity index (χ1) is 9.84. The first-order valence-electron chi connectivity index (χ1n) is 7.70. The van der Waals surface area contributed by atoms with Crippen molar-refractivity contribution in [1.82, 2.24) is 0 Å². The highest BCUT2D eigenvalue weighted by molar-refractivity contribution is 5.34. The van der Waals surface area contributed by atoms with Gasteiger partial charge < -0.3 is 5.11 Å². The maximum absolute atomic E-state index is 12.7. The zero-order chi connectivity index (χ0) is 15.2. The molecule has 1 N–H and O–H groups in total. The molecule has 1 aromatic rings. The van der Waals surface area contributed by atoms with Gasteiger partial charge in [-0.1, -0.05) is 12.5 Å². The van der Waals surface area contributed by atoms with Crippen LogP contribution in [0.15, 0.2) is 18.2 Å². The van der Waals surface area contributed by atoms with Gasteiger partial charge in [-0.15, -0.1) is 0 Å². The van der Waals surface area contributed by atoms with Crippen LogP contribution in [-0.2, 0) is 6.18 Å². The molecule has 116 valence electrons. The van der Waals surface area contributed by atoms with Crippen LogP contribution in [0.5, 0.6) is 0 Å². The predicted molar refractivity (Wildman–Crippen MR) is 74.7 cm³/mol. The summed E-state index contributed by atoms with van der Waals surface area (Å²) < 4.78 is 38.0. The zero-order valence-corrected chi connectivity index (χ0v) is 12.2. The molecule has 2 aliphatic carbocycles. The van der Waals surface area contributed by atoms with Gasteiger partial charge >= 0.3 is 6.18 Å². The zero-order valence-electron chi connectivity index (χ0n) is 12.2. The Morgan fingerprint density at radius 2 is 2.00 bits per heavy atom. The number of aliphatic hydroxyl groups is 1. The summed E-state index contributed by atoms with van der Waals surface area (Å²) in [6.45, 7) is 1.65. The van der Waals surface area contributed by atoms with Crippen molar-refractivity contribution < 1.29 is 18.3 Å². The first kappa shape index (κ1) is 14.9. The Labute approximate surface area is 123 Å². The van der Waals surface area contributed by atoms with E-state index in [1.807, 2.05) is 0 Å². The van der Waals surface area contributed by atoms with Gasteiger partial charge in [0.25, 0.3) is 0 Å². The van der Waals surface area contributed by atoms with E-state index in [0.29, 0.717) is 23.5 Å². The minimum absolute atomic E-state index is 0.528. The van der Waals surface area contributed by atoms with Crippen LogP contribution in [0.4, 0.5) is 13.2 Å². The lowest BCUT2D eigenvalue weighted by molar-refractivity contribution is -0.137. The number of alkyl halides is 3. The Morgan fingerprint density at radius 3 is 2.52 bits per heavy atom. The summed E-state index contributed by atoms with van der Waals surface area (Å²) >= 11 is 0. The van der Waals surface area contributed by atoms with E-state index in [1.165, 1.54) is 31.7 Å². The van der Waals surface area contributed by atoms with E-state index >= 15 is 0 Å². The highest BCUT2D eigenvalue weighted by Crippen LogP contribution is 2.51. The largest absolute Gasteiger partial charge is 0.416 e. The fourth-order valence-corrected chi connectivity index (χ4v) is 4.30. The van der Waals surface area contributed by atoms with Gasteiger partial charge in [0.05, 0.1) is 11.7 Å². The van der Waals surface area contributed by atoms with Gasteiger partial charge in [-0.3, -0.25) is 0 Å². The molecule has 1 aromatic carbocycles. The average Bonchev–Trinajstić information content (AvgIpc) is 2.99. The minimum atomic E-state index is -4.32. The van der Waals surface area contributed by atoms with Gasteiger partial charge in [-0.05, 0) is 73.6 Å². The number of fused-ring (bicyclic) bond motifs is 2. The summed E-state index contributed by atoms with van der Waals surface area (Å²) in [6, 6.07) is 3.65. The van der Waals surface area contributed by atoms with E-state index in [4.69, 9.17) is 0 Å². The molecule has 0 aliphatic heterocycles. The summed E-state index contributed by atoms with van der Waals surface area (Å²) in [4.78, 5) is 0. The second-order valence-corrected chi connectivity index (χ2v) is 6.76. The number of aliphatic hydroxyl groups excluding tert-OH is 1. The minimum Gasteiger partial charge on any atom is -0.388 e. The van der Waals surface area contributed by atoms with Crippen LogP contribution in [-0.4, -0.2) is 5.11 Å². The highest BCUT2D eigenvalue weighted by Gasteiger charge is 2.40. The highest BCUT2D eigenvalue weighted by atomic mass is 19.4. The predicted octanol–water partition coefficient (Wildman–Crippen LogP) is 4.87. The number of benzene rings is 1. The maximum atomic E-state index is 12.7. The lowest BCUT2D eigenvalue weighted by Gasteiger charge is -2.25. The van der Waals surface area contributed by atoms with E-state index in [9.17, 15) is 18.3 Å². The Morgan fingerprint density at radius 1 is 1.24 bits per heavy atom. The van der Waals surface area contributed by atoms with Gasteiger partial charge in [0.2, 0.25) is 0 Å². The molecule has 0 spiro atoms. The van der Waals surface area contributed by atoms with E-state index in [-0.39, 0.29) is 0 Å². The molecule has 3 rings (SSSR count). The fraction of sp³-hybridized carbons (Fsp3) is 0.647. The van der Waals surface area contributed by atoms with Crippen LogP contribution in [0.25, 0.3) is 0 Å². The molecule has 2 aliphatic rings. The van der Waals surface area contributed by atoms with Gasteiger partial charge in [0.15, 0.2) is 0 Å². The van der Waals surface area contributed by atoms with Gasteiger partial charge in [-0.25, -0.2) is 0 Å². The topological polar surface area (TPSA) is 20.2 Å². The average molecular weight is 298 g/mol. The molecular formula is C17H21F3O. The van der Waals surface area contributed by atoms with E-state index < -0.39 is 17.8 Å². The normalized spacial score (nSPS) is 29.9. The van der Waals surface area contributed by atoms with Gasteiger partial charge in [0, 0.05) is 0 Å². The van der Waals surface area contributed by atoms with Crippen LogP contribution in [0.3, 0.4) is 0 Å². The lowest BCUT2D eigenvalue weighted by atomic mass is 9.83. The van der Waals surface area contributed by atoms with Crippen molar-refractivity contribution in [3.8, 4) is 0 Å². The molecule has 0 aromatic heterocycles. The van der Waals surface area contributed by atoms with Crippen molar-refractivity contribution in [2.75, 3.05) is 0 Å². The first-order valence-corrected chi connectivity index (χ1v) is 7.70. The third kappa shape index (κ3) is 2.96. The van der Waals surface area contributed by atoms with Crippen LogP contribution < -0.4 is 0 Å². The molecule has 4 atom stereocenters. The lowest BCUT2D eigenvalue weighted by Crippen LogP contribution is -2.15. The Bertz CT molecular complexity index is 523. The van der Waals surface area contributed by atoms with Crippen molar-refractivity contribution in [3.63, 3.8) is 0 Å². The van der Waals surface area contributed by atoms with Gasteiger partial charge in [-0.2, -0.15) is 13.2 Å². The molecule has 0 heterocycles. The quantitative estimate of drug-likeness (QED) is 0.843. The van der Waals surface area contributed by atoms with Crippen LogP contribution in [0, 0.1) is 24.7 Å². The van der Waals surface area contributed by atoms with Crippen LogP contribution in [0.2, 0.25) is 0 Å². The molecule has 2 saturated carbocycles. The summed E-state index contributed by atoms with van der Waals surface area (Å²) in [6.07, 6.45) is 0.762. The third-order valence-electron chi connectivity index (χ3n) is 5.37. The molecule has 2 fully saturated rings. The second-order valence-electron chi connectivity index (χ2n) is 6.76. The number of hydrogen-bond acceptors (Lipinski definition) is 1.